The van der Waals surface area contributed by atoms with Crippen molar-refractivity contribution in [3.05, 3.63) is 12.7 Å². The molecule has 2 aromatic heterocycles. The average molecular weight is 243 g/mol. The van der Waals surface area contributed by atoms with Gasteiger partial charge >= 0.3 is 6.18 Å². The van der Waals surface area contributed by atoms with Crippen molar-refractivity contribution >= 4 is 17.0 Å². The highest BCUT2D eigenvalue weighted by Gasteiger charge is 2.63. The lowest BCUT2D eigenvalue weighted by molar-refractivity contribution is -0.151. The minimum absolute atomic E-state index is 0.0656. The molecule has 3 rings (SSSR count). The minimum atomic E-state index is -4.27. The number of rotatable bonds is 2. The molecule has 0 bridgehead atoms. The monoisotopic (exact) mass is 243 g/mol. The standard InChI is InChI=1S/C9H8F3N5/c10-9(11,12)8(1-2-8)17-7-5-6(14-3-13-5)15-4-16-7/h3-4H,1-2H2,(H2,13,14,15,16,17). The van der Waals surface area contributed by atoms with Crippen molar-refractivity contribution in [2.24, 2.45) is 0 Å². The summed E-state index contributed by atoms with van der Waals surface area (Å²) in [7, 11) is 0. The van der Waals surface area contributed by atoms with E-state index in [0.717, 1.165) is 0 Å². The molecule has 0 unspecified atom stereocenters. The van der Waals surface area contributed by atoms with Crippen molar-refractivity contribution < 1.29 is 13.2 Å². The lowest BCUT2D eigenvalue weighted by atomic mass is 10.2. The molecular formula is C9H8F3N5. The van der Waals surface area contributed by atoms with Crippen LogP contribution in [0.5, 0.6) is 0 Å². The topological polar surface area (TPSA) is 66.5 Å². The Balaban J connectivity index is 1.98. The van der Waals surface area contributed by atoms with Crippen LogP contribution in [-0.4, -0.2) is 31.7 Å². The molecule has 8 heteroatoms. The molecule has 0 radical (unpaired) electrons. The molecule has 1 saturated carbocycles. The lowest BCUT2D eigenvalue weighted by Gasteiger charge is -2.21. The van der Waals surface area contributed by atoms with Crippen molar-refractivity contribution in [1.82, 2.24) is 19.9 Å². The summed E-state index contributed by atoms with van der Waals surface area (Å²) in [5.74, 6) is 0.141. The molecule has 0 saturated heterocycles. The summed E-state index contributed by atoms with van der Waals surface area (Å²) in [6, 6.07) is 0. The van der Waals surface area contributed by atoms with Crippen LogP contribution in [0.3, 0.4) is 0 Å². The van der Waals surface area contributed by atoms with Crippen LogP contribution >= 0.6 is 0 Å². The summed E-state index contributed by atoms with van der Waals surface area (Å²) in [6.07, 6.45) is -1.58. The molecule has 0 atom stereocenters. The number of hydrogen-bond acceptors (Lipinski definition) is 4. The predicted molar refractivity (Wildman–Crippen MR) is 53.3 cm³/mol. The van der Waals surface area contributed by atoms with E-state index in [0.29, 0.717) is 11.2 Å². The summed E-state index contributed by atoms with van der Waals surface area (Å²) in [5.41, 5.74) is -1.09. The number of nitrogens with one attached hydrogen (secondary N) is 2. The third kappa shape index (κ3) is 1.51. The first-order valence-electron chi connectivity index (χ1n) is 5.01. The maximum absolute atomic E-state index is 12.8. The number of aromatic nitrogens is 4. The summed E-state index contributed by atoms with van der Waals surface area (Å²) in [6.45, 7) is 0. The molecular weight excluding hydrogens is 235 g/mol. The lowest BCUT2D eigenvalue weighted by Crippen LogP contribution is -2.39. The van der Waals surface area contributed by atoms with E-state index < -0.39 is 11.7 Å². The normalized spacial score (nSPS) is 18.3. The second-order valence-electron chi connectivity index (χ2n) is 4.03. The van der Waals surface area contributed by atoms with Gasteiger partial charge in [-0.1, -0.05) is 0 Å². The van der Waals surface area contributed by atoms with Crippen LogP contribution in [0.4, 0.5) is 19.0 Å². The highest BCUT2D eigenvalue weighted by Crippen LogP contribution is 2.51. The van der Waals surface area contributed by atoms with Crippen molar-refractivity contribution in [2.45, 2.75) is 24.6 Å². The number of H-pyrrole nitrogens is 1. The Labute approximate surface area is 93.5 Å². The van der Waals surface area contributed by atoms with Crippen LogP contribution in [0, 0.1) is 0 Å². The fourth-order valence-electron chi connectivity index (χ4n) is 1.69. The first-order chi connectivity index (χ1) is 8.02. The quantitative estimate of drug-likeness (QED) is 0.844. The van der Waals surface area contributed by atoms with Gasteiger partial charge in [0.25, 0.3) is 0 Å². The van der Waals surface area contributed by atoms with E-state index in [1.807, 2.05) is 0 Å². The summed E-state index contributed by atoms with van der Waals surface area (Å²) in [4.78, 5) is 14.3. The molecule has 0 spiro atoms. The number of aromatic amines is 1. The maximum Gasteiger partial charge on any atom is 0.411 e. The van der Waals surface area contributed by atoms with Gasteiger partial charge in [0.1, 0.15) is 17.4 Å². The van der Waals surface area contributed by atoms with E-state index in [9.17, 15) is 13.2 Å². The van der Waals surface area contributed by atoms with Gasteiger partial charge in [-0.25, -0.2) is 15.0 Å². The van der Waals surface area contributed by atoms with Gasteiger partial charge in [0, 0.05) is 0 Å². The maximum atomic E-state index is 12.8. The molecule has 0 amide bonds. The van der Waals surface area contributed by atoms with Crippen LogP contribution in [-0.2, 0) is 0 Å². The van der Waals surface area contributed by atoms with Crippen molar-refractivity contribution in [2.75, 3.05) is 5.32 Å². The number of nitrogens with zero attached hydrogens (tertiary/aromatic N) is 3. The summed E-state index contributed by atoms with van der Waals surface area (Å²) in [5, 5.41) is 2.45. The Kier molecular flexibility index (Phi) is 1.87. The van der Waals surface area contributed by atoms with E-state index in [1.165, 1.54) is 12.7 Å². The van der Waals surface area contributed by atoms with Crippen LogP contribution in [0.15, 0.2) is 12.7 Å². The Hall–Kier alpha value is -1.86. The van der Waals surface area contributed by atoms with Gasteiger partial charge in [0.05, 0.1) is 6.33 Å². The fourth-order valence-corrected chi connectivity index (χ4v) is 1.69. The molecule has 5 nitrogen and oxygen atoms in total. The van der Waals surface area contributed by atoms with Gasteiger partial charge in [0.2, 0.25) is 0 Å². The van der Waals surface area contributed by atoms with E-state index >= 15 is 0 Å². The summed E-state index contributed by atoms with van der Waals surface area (Å²) < 4.78 is 38.3. The van der Waals surface area contributed by atoms with Gasteiger partial charge < -0.3 is 10.3 Å². The molecule has 1 fully saturated rings. The van der Waals surface area contributed by atoms with E-state index in [4.69, 9.17) is 0 Å². The number of halogens is 3. The molecule has 2 aromatic rings. The van der Waals surface area contributed by atoms with Crippen molar-refractivity contribution in [1.29, 1.82) is 0 Å². The SMILES string of the molecule is FC(F)(F)C1(Nc2ncnc3nc[nH]c23)CC1. The van der Waals surface area contributed by atoms with Gasteiger partial charge in [-0.05, 0) is 12.8 Å². The smallest absolute Gasteiger partial charge is 0.354 e. The third-order valence-electron chi connectivity index (χ3n) is 2.87. The highest BCUT2D eigenvalue weighted by atomic mass is 19.4. The van der Waals surface area contributed by atoms with Crippen LogP contribution in [0.1, 0.15) is 12.8 Å². The summed E-state index contributed by atoms with van der Waals surface area (Å²) >= 11 is 0. The zero-order valence-corrected chi connectivity index (χ0v) is 8.54. The van der Waals surface area contributed by atoms with Crippen molar-refractivity contribution in [3.8, 4) is 0 Å². The minimum Gasteiger partial charge on any atom is -0.354 e. The predicted octanol–water partition coefficient (Wildman–Crippen LogP) is 1.86. The Bertz CT molecular complexity index is 557. The molecule has 2 N–H and O–H groups in total. The Morgan fingerprint density at radius 1 is 1.24 bits per heavy atom. The molecule has 17 heavy (non-hydrogen) atoms. The number of fused-ring (bicyclic) bond motifs is 1. The zero-order valence-electron chi connectivity index (χ0n) is 8.54. The number of hydrogen-bond donors (Lipinski definition) is 2. The molecule has 1 aliphatic rings. The van der Waals surface area contributed by atoms with E-state index in [2.05, 4.69) is 25.3 Å². The number of anilines is 1. The van der Waals surface area contributed by atoms with Crippen LogP contribution in [0.2, 0.25) is 0 Å². The fraction of sp³-hybridized carbons (Fsp3) is 0.444. The number of imidazole rings is 1. The first kappa shape index (κ1) is 10.3. The first-order valence-corrected chi connectivity index (χ1v) is 5.01. The number of alkyl halides is 3. The second-order valence-corrected chi connectivity index (χ2v) is 4.03. The van der Waals surface area contributed by atoms with E-state index in [1.54, 1.807) is 0 Å². The molecule has 1 aliphatic carbocycles. The second kappa shape index (κ2) is 3.08. The molecule has 90 valence electrons. The average Bonchev–Trinajstić information content (AvgIpc) is 2.89. The molecule has 0 aliphatic heterocycles. The van der Waals surface area contributed by atoms with Gasteiger partial charge in [-0.15, -0.1) is 0 Å². The molecule has 2 heterocycles. The van der Waals surface area contributed by atoms with Crippen LogP contribution < -0.4 is 5.32 Å². The zero-order chi connectivity index (χ0) is 12.1. The van der Waals surface area contributed by atoms with Crippen molar-refractivity contribution in [3.63, 3.8) is 0 Å². The van der Waals surface area contributed by atoms with Gasteiger partial charge in [-0.2, -0.15) is 13.2 Å². The van der Waals surface area contributed by atoms with Gasteiger partial charge in [0.15, 0.2) is 11.5 Å². The van der Waals surface area contributed by atoms with Crippen LogP contribution in [0.25, 0.3) is 11.2 Å². The Morgan fingerprint density at radius 3 is 2.65 bits per heavy atom. The highest BCUT2D eigenvalue weighted by molar-refractivity contribution is 5.82. The van der Waals surface area contributed by atoms with Gasteiger partial charge in [-0.3, -0.25) is 0 Å². The molecule has 0 aromatic carbocycles. The largest absolute Gasteiger partial charge is 0.411 e. The Morgan fingerprint density at radius 2 is 2.00 bits per heavy atom. The van der Waals surface area contributed by atoms with E-state index in [-0.39, 0.29) is 18.7 Å². The third-order valence-corrected chi connectivity index (χ3v) is 2.87.